The number of nitrogens with zero attached hydrogens (tertiary/aromatic N) is 2. The molecule has 1 N–H and O–H groups in total. The summed E-state index contributed by atoms with van der Waals surface area (Å²) in [5, 5.41) is 16.7. The molecule has 1 aromatic heterocycles. The molecule has 2 aromatic rings. The first-order chi connectivity index (χ1) is 11.9. The van der Waals surface area contributed by atoms with Gasteiger partial charge in [-0.25, -0.2) is 4.98 Å². The van der Waals surface area contributed by atoms with Gasteiger partial charge in [-0.2, -0.15) is 0 Å². The molecule has 1 aromatic carbocycles. The van der Waals surface area contributed by atoms with Gasteiger partial charge in [-0.15, -0.1) is 11.3 Å². The van der Waals surface area contributed by atoms with E-state index in [9.17, 15) is 14.9 Å². The quantitative estimate of drug-likeness (QED) is 0.567. The van der Waals surface area contributed by atoms with Gasteiger partial charge < -0.3 is 5.32 Å². The summed E-state index contributed by atoms with van der Waals surface area (Å²) >= 11 is 1.54. The second kappa shape index (κ2) is 8.71. The summed E-state index contributed by atoms with van der Waals surface area (Å²) < 4.78 is 0. The molecule has 0 radical (unpaired) electrons. The number of aromatic nitrogens is 1. The van der Waals surface area contributed by atoms with E-state index >= 15 is 0 Å². The average molecular weight is 361 g/mol. The Morgan fingerprint density at radius 2 is 2.00 bits per heavy atom. The summed E-state index contributed by atoms with van der Waals surface area (Å²) in [6.45, 7) is 6.05. The lowest BCUT2D eigenvalue weighted by molar-refractivity contribution is -0.384. The first kappa shape index (κ1) is 19.1. The highest BCUT2D eigenvalue weighted by atomic mass is 32.1. The van der Waals surface area contributed by atoms with Crippen molar-refractivity contribution in [3.63, 3.8) is 0 Å². The molecule has 0 aliphatic rings. The minimum absolute atomic E-state index is 0.00448. The second-order valence-corrected chi connectivity index (χ2v) is 7.27. The molecular formula is C18H23N3O3S. The number of nitrogens with one attached hydrogen (secondary N) is 1. The molecule has 0 aliphatic heterocycles. The van der Waals surface area contributed by atoms with Gasteiger partial charge in [0.2, 0.25) is 5.91 Å². The third-order valence-corrected chi connectivity index (χ3v) is 4.75. The largest absolute Gasteiger partial charge is 0.347 e. The van der Waals surface area contributed by atoms with Gasteiger partial charge in [0.1, 0.15) is 5.01 Å². The second-order valence-electron chi connectivity index (χ2n) is 6.38. The number of aryl methyl sites for hydroxylation is 1. The molecule has 0 fully saturated rings. The number of amides is 1. The third-order valence-electron chi connectivity index (χ3n) is 3.75. The van der Waals surface area contributed by atoms with Crippen molar-refractivity contribution in [3.8, 4) is 0 Å². The third kappa shape index (κ3) is 5.63. The maximum absolute atomic E-state index is 12.2. The lowest BCUT2D eigenvalue weighted by Crippen LogP contribution is -2.30. The van der Waals surface area contributed by atoms with Crippen LogP contribution in [0.3, 0.4) is 0 Å². The van der Waals surface area contributed by atoms with Crippen LogP contribution in [-0.4, -0.2) is 15.8 Å². The van der Waals surface area contributed by atoms with Gasteiger partial charge in [-0.3, -0.25) is 14.9 Å². The molecule has 1 heterocycles. The molecule has 0 aliphatic carbocycles. The normalized spacial score (nSPS) is 12.2. The minimum atomic E-state index is -0.417. The number of rotatable bonds is 8. The van der Waals surface area contributed by atoms with Gasteiger partial charge in [-0.1, -0.05) is 32.9 Å². The molecule has 0 saturated heterocycles. The highest BCUT2D eigenvalue weighted by Crippen LogP contribution is 2.24. The van der Waals surface area contributed by atoms with Gasteiger partial charge in [-0.05, 0) is 24.3 Å². The van der Waals surface area contributed by atoms with Crippen molar-refractivity contribution in [2.24, 2.45) is 5.92 Å². The summed E-state index contributed by atoms with van der Waals surface area (Å²) in [5.41, 5.74) is 1.99. The van der Waals surface area contributed by atoms with Gasteiger partial charge in [0.25, 0.3) is 5.69 Å². The Hall–Kier alpha value is -2.28. The van der Waals surface area contributed by atoms with Gasteiger partial charge in [0.15, 0.2) is 0 Å². The molecule has 7 heteroatoms. The lowest BCUT2D eigenvalue weighted by atomic mass is 10.0. The van der Waals surface area contributed by atoms with Crippen molar-refractivity contribution < 1.29 is 9.72 Å². The van der Waals surface area contributed by atoms with Gasteiger partial charge in [0.05, 0.1) is 16.7 Å². The van der Waals surface area contributed by atoms with Crippen molar-refractivity contribution in [1.29, 1.82) is 0 Å². The lowest BCUT2D eigenvalue weighted by Gasteiger charge is -2.17. The van der Waals surface area contributed by atoms with Crippen molar-refractivity contribution in [1.82, 2.24) is 10.3 Å². The van der Waals surface area contributed by atoms with E-state index in [1.165, 1.54) is 23.5 Å². The van der Waals surface area contributed by atoms with E-state index in [0.29, 0.717) is 12.8 Å². The monoisotopic (exact) mass is 361 g/mol. The predicted octanol–water partition coefficient (Wildman–Crippen LogP) is 4.06. The molecule has 0 saturated carbocycles. The van der Waals surface area contributed by atoms with Crippen molar-refractivity contribution in [2.45, 2.75) is 46.1 Å². The summed E-state index contributed by atoms with van der Waals surface area (Å²) in [5.74, 6) is 0.276. The fourth-order valence-electron chi connectivity index (χ4n) is 2.46. The number of hydrogen-bond acceptors (Lipinski definition) is 5. The van der Waals surface area contributed by atoms with Crippen molar-refractivity contribution >= 4 is 22.9 Å². The van der Waals surface area contributed by atoms with Crippen LogP contribution in [-0.2, 0) is 17.6 Å². The zero-order valence-corrected chi connectivity index (χ0v) is 15.5. The zero-order valence-electron chi connectivity index (χ0n) is 14.7. The number of benzene rings is 1. The van der Waals surface area contributed by atoms with Crippen molar-refractivity contribution in [2.75, 3.05) is 0 Å². The molecule has 134 valence electrons. The number of hydrogen-bond donors (Lipinski definition) is 1. The molecule has 1 amide bonds. The van der Waals surface area contributed by atoms with E-state index < -0.39 is 4.92 Å². The molecule has 2 rings (SSSR count). The maximum Gasteiger partial charge on any atom is 0.269 e. The zero-order chi connectivity index (χ0) is 18.4. The predicted molar refractivity (Wildman–Crippen MR) is 98.6 cm³/mol. The number of thiazole rings is 1. The Bertz CT molecular complexity index is 725. The first-order valence-corrected chi connectivity index (χ1v) is 9.24. The maximum atomic E-state index is 12.2. The minimum Gasteiger partial charge on any atom is -0.347 e. The number of nitro groups is 1. The highest BCUT2D eigenvalue weighted by Gasteiger charge is 2.19. The summed E-state index contributed by atoms with van der Waals surface area (Å²) in [4.78, 5) is 27.2. The number of carbonyl (C=O) groups excluding carboxylic acids is 1. The smallest absolute Gasteiger partial charge is 0.269 e. The Kier molecular flexibility index (Phi) is 6.64. The molecular weight excluding hydrogens is 338 g/mol. The van der Waals surface area contributed by atoms with Gasteiger partial charge >= 0.3 is 0 Å². The molecule has 1 unspecified atom stereocenters. The van der Waals surface area contributed by atoms with E-state index in [4.69, 9.17) is 0 Å². The first-order valence-electron chi connectivity index (χ1n) is 8.36. The van der Waals surface area contributed by atoms with Crippen LogP contribution < -0.4 is 5.32 Å². The summed E-state index contributed by atoms with van der Waals surface area (Å²) in [6, 6.07) is 6.21. The summed E-state index contributed by atoms with van der Waals surface area (Å²) in [6.07, 6.45) is 1.86. The van der Waals surface area contributed by atoms with Crippen LogP contribution >= 0.6 is 11.3 Å². The van der Waals surface area contributed by atoms with E-state index in [-0.39, 0.29) is 23.6 Å². The topological polar surface area (TPSA) is 85.1 Å². The Morgan fingerprint density at radius 3 is 2.52 bits per heavy atom. The molecule has 0 spiro atoms. The van der Waals surface area contributed by atoms with Crippen LogP contribution in [0.15, 0.2) is 29.6 Å². The number of carbonyl (C=O) groups is 1. The van der Waals surface area contributed by atoms with Gasteiger partial charge in [0, 0.05) is 23.9 Å². The average Bonchev–Trinajstić information content (AvgIpc) is 3.03. The van der Waals surface area contributed by atoms with E-state index in [2.05, 4.69) is 10.3 Å². The van der Waals surface area contributed by atoms with Crippen LogP contribution in [0.1, 0.15) is 49.5 Å². The number of non-ortho nitro benzene ring substituents is 1. The highest BCUT2D eigenvalue weighted by molar-refractivity contribution is 7.09. The molecule has 25 heavy (non-hydrogen) atoms. The standard InChI is InChI=1S/C18H23N3O3S/c1-4-14-11-25-18(19-14)16(20-17(22)9-12(2)3)10-13-5-7-15(8-6-13)21(23)24/h5-8,11-12,16H,4,9-10H2,1-3H3,(H,20,22). The van der Waals surface area contributed by atoms with Crippen LogP contribution in [0.4, 0.5) is 5.69 Å². The Balaban J connectivity index is 2.18. The van der Waals surface area contributed by atoms with E-state index in [1.807, 2.05) is 26.2 Å². The molecule has 1 atom stereocenters. The van der Waals surface area contributed by atoms with Crippen LogP contribution in [0, 0.1) is 16.0 Å². The van der Waals surface area contributed by atoms with Crippen LogP contribution in [0.5, 0.6) is 0 Å². The number of nitro benzene ring substituents is 1. The Morgan fingerprint density at radius 1 is 1.32 bits per heavy atom. The molecule has 6 nitrogen and oxygen atoms in total. The molecule has 0 bridgehead atoms. The SMILES string of the molecule is CCc1csc(C(Cc2ccc([N+](=O)[O-])cc2)NC(=O)CC(C)C)n1. The van der Waals surface area contributed by atoms with Crippen molar-refractivity contribution in [3.05, 3.63) is 56.0 Å². The van der Waals surface area contributed by atoms with Crippen LogP contribution in [0.2, 0.25) is 0 Å². The summed E-state index contributed by atoms with van der Waals surface area (Å²) in [7, 11) is 0. The fourth-order valence-corrected chi connectivity index (χ4v) is 3.41. The van der Waals surface area contributed by atoms with Crippen LogP contribution in [0.25, 0.3) is 0 Å². The van der Waals surface area contributed by atoms with E-state index in [1.54, 1.807) is 12.1 Å². The van der Waals surface area contributed by atoms with E-state index in [0.717, 1.165) is 22.7 Å². The Labute approximate surface area is 151 Å². The fraction of sp³-hybridized carbons (Fsp3) is 0.444.